The smallest absolute Gasteiger partial charge is 0.317 e. The molecule has 0 unspecified atom stereocenters. The lowest BCUT2D eigenvalue weighted by Gasteiger charge is -2.28. The number of hydrogen-bond acceptors (Lipinski definition) is 4. The van der Waals surface area contributed by atoms with E-state index in [-0.39, 0.29) is 6.03 Å². The molecule has 1 aliphatic carbocycles. The van der Waals surface area contributed by atoms with E-state index in [9.17, 15) is 4.79 Å². The van der Waals surface area contributed by atoms with E-state index >= 15 is 0 Å². The zero-order valence-electron chi connectivity index (χ0n) is 17.1. The van der Waals surface area contributed by atoms with Gasteiger partial charge < -0.3 is 19.5 Å². The van der Waals surface area contributed by atoms with E-state index in [1.54, 1.807) is 7.11 Å². The fourth-order valence-electron chi connectivity index (χ4n) is 3.92. The van der Waals surface area contributed by atoms with Crippen molar-refractivity contribution in [1.82, 2.24) is 29.5 Å². The molecule has 8 nitrogen and oxygen atoms in total. The predicted octanol–water partition coefficient (Wildman–Crippen LogP) is 2.20. The highest BCUT2D eigenvalue weighted by Crippen LogP contribution is 2.35. The molecule has 28 heavy (non-hydrogen) atoms. The standard InChI is InChI=1S/C20H30N6O2/c1-4-26-17-7-9-24(20(27)21-8-10-28-3)13-16(17)18(23-26)19-22-11-14(2)25(19)12-15-5-6-15/h11,15H,4-10,12-13H2,1-3H3,(H,21,27). The fraction of sp³-hybridized carbons (Fsp3) is 0.650. The van der Waals surface area contributed by atoms with Crippen molar-refractivity contribution in [3.05, 3.63) is 23.1 Å². The summed E-state index contributed by atoms with van der Waals surface area (Å²) in [4.78, 5) is 19.1. The van der Waals surface area contributed by atoms with Crippen molar-refractivity contribution in [2.75, 3.05) is 26.8 Å². The highest BCUT2D eigenvalue weighted by Gasteiger charge is 2.31. The van der Waals surface area contributed by atoms with Crippen LogP contribution in [-0.4, -0.2) is 57.1 Å². The Labute approximate surface area is 165 Å². The van der Waals surface area contributed by atoms with E-state index in [1.165, 1.54) is 24.2 Å². The summed E-state index contributed by atoms with van der Waals surface area (Å²) in [5, 5.41) is 7.83. The zero-order valence-corrected chi connectivity index (χ0v) is 17.1. The number of amides is 2. The molecule has 2 aromatic rings. The van der Waals surface area contributed by atoms with Gasteiger partial charge >= 0.3 is 6.03 Å². The van der Waals surface area contributed by atoms with Gasteiger partial charge in [-0.05, 0) is 32.6 Å². The summed E-state index contributed by atoms with van der Waals surface area (Å²) in [5.74, 6) is 1.70. The van der Waals surface area contributed by atoms with Crippen LogP contribution in [0.1, 0.15) is 36.7 Å². The molecule has 2 aromatic heterocycles. The SMILES string of the molecule is CCn1nc(-c2ncc(C)n2CC2CC2)c2c1CCN(C(=O)NCCOC)C2. The minimum atomic E-state index is -0.0459. The molecule has 2 aliphatic rings. The van der Waals surface area contributed by atoms with Gasteiger partial charge in [0.25, 0.3) is 0 Å². The molecule has 8 heteroatoms. The maximum atomic E-state index is 12.5. The van der Waals surface area contributed by atoms with E-state index in [0.29, 0.717) is 26.2 Å². The van der Waals surface area contributed by atoms with Crippen LogP contribution in [0, 0.1) is 12.8 Å². The Bertz CT molecular complexity index is 851. The van der Waals surface area contributed by atoms with Gasteiger partial charge in [-0.15, -0.1) is 0 Å². The maximum Gasteiger partial charge on any atom is 0.317 e. The second-order valence-corrected chi connectivity index (χ2v) is 7.76. The number of aromatic nitrogens is 4. The first-order valence-corrected chi connectivity index (χ1v) is 10.2. The van der Waals surface area contributed by atoms with Crippen LogP contribution in [-0.2, 0) is 30.8 Å². The summed E-state index contributed by atoms with van der Waals surface area (Å²) < 4.78 is 9.41. The Morgan fingerprint density at radius 2 is 2.21 bits per heavy atom. The van der Waals surface area contributed by atoms with E-state index in [2.05, 4.69) is 28.4 Å². The van der Waals surface area contributed by atoms with Crippen molar-refractivity contribution < 1.29 is 9.53 Å². The molecule has 0 bridgehead atoms. The van der Waals surface area contributed by atoms with Gasteiger partial charge in [0.2, 0.25) is 0 Å². The lowest BCUT2D eigenvalue weighted by atomic mass is 10.0. The van der Waals surface area contributed by atoms with Crippen LogP contribution in [0.15, 0.2) is 6.20 Å². The third kappa shape index (κ3) is 3.65. The largest absolute Gasteiger partial charge is 0.383 e. The number of rotatable bonds is 7. The summed E-state index contributed by atoms with van der Waals surface area (Å²) in [6.45, 7) is 8.36. The molecule has 1 aliphatic heterocycles. The number of nitrogens with one attached hydrogen (secondary N) is 1. The number of fused-ring (bicyclic) bond motifs is 1. The van der Waals surface area contributed by atoms with Crippen LogP contribution in [0.2, 0.25) is 0 Å². The van der Waals surface area contributed by atoms with Crippen LogP contribution < -0.4 is 5.32 Å². The molecule has 0 spiro atoms. The Morgan fingerprint density at radius 1 is 1.39 bits per heavy atom. The van der Waals surface area contributed by atoms with Crippen molar-refractivity contribution in [3.8, 4) is 11.5 Å². The fourth-order valence-corrected chi connectivity index (χ4v) is 3.92. The monoisotopic (exact) mass is 386 g/mol. The first-order valence-electron chi connectivity index (χ1n) is 10.2. The van der Waals surface area contributed by atoms with E-state index in [4.69, 9.17) is 14.8 Å². The van der Waals surface area contributed by atoms with Gasteiger partial charge in [-0.2, -0.15) is 5.10 Å². The van der Waals surface area contributed by atoms with Crippen molar-refractivity contribution in [2.24, 2.45) is 5.92 Å². The number of methoxy groups -OCH3 is 1. The average Bonchev–Trinajstić information content (AvgIpc) is 3.36. The summed E-state index contributed by atoms with van der Waals surface area (Å²) in [7, 11) is 1.64. The van der Waals surface area contributed by atoms with Crippen LogP contribution in [0.3, 0.4) is 0 Å². The minimum Gasteiger partial charge on any atom is -0.383 e. The topological polar surface area (TPSA) is 77.2 Å². The number of carbonyl (C=O) groups excluding carboxylic acids is 1. The minimum absolute atomic E-state index is 0.0459. The van der Waals surface area contributed by atoms with Gasteiger partial charge in [0.1, 0.15) is 5.69 Å². The number of ether oxygens (including phenoxy) is 1. The van der Waals surface area contributed by atoms with Gasteiger partial charge in [0.05, 0.1) is 13.2 Å². The zero-order chi connectivity index (χ0) is 19.7. The molecule has 0 radical (unpaired) electrons. The Balaban J connectivity index is 1.62. The summed E-state index contributed by atoms with van der Waals surface area (Å²) in [6, 6.07) is -0.0459. The predicted molar refractivity (Wildman–Crippen MR) is 106 cm³/mol. The molecule has 2 amide bonds. The number of urea groups is 1. The highest BCUT2D eigenvalue weighted by molar-refractivity contribution is 5.75. The van der Waals surface area contributed by atoms with Crippen LogP contribution in [0.25, 0.3) is 11.5 Å². The summed E-state index contributed by atoms with van der Waals surface area (Å²) >= 11 is 0. The number of hydrogen-bond donors (Lipinski definition) is 1. The second kappa shape index (κ2) is 7.95. The van der Waals surface area contributed by atoms with Gasteiger partial charge in [-0.25, -0.2) is 9.78 Å². The first kappa shape index (κ1) is 19.0. The quantitative estimate of drug-likeness (QED) is 0.740. The van der Waals surface area contributed by atoms with Crippen LogP contribution >= 0.6 is 0 Å². The Kier molecular flexibility index (Phi) is 5.39. The van der Waals surface area contributed by atoms with Crippen molar-refractivity contribution in [1.29, 1.82) is 0 Å². The maximum absolute atomic E-state index is 12.5. The molecule has 0 aromatic carbocycles. The normalized spacial score (nSPS) is 16.3. The van der Waals surface area contributed by atoms with Gasteiger partial charge in [-0.3, -0.25) is 4.68 Å². The van der Waals surface area contributed by atoms with Gasteiger partial charge in [0.15, 0.2) is 5.82 Å². The van der Waals surface area contributed by atoms with Gasteiger partial charge in [0, 0.05) is 62.9 Å². The van der Waals surface area contributed by atoms with Crippen molar-refractivity contribution >= 4 is 6.03 Å². The molecule has 4 rings (SSSR count). The first-order chi connectivity index (χ1) is 13.6. The average molecular weight is 387 g/mol. The van der Waals surface area contributed by atoms with Crippen LogP contribution in [0.4, 0.5) is 4.79 Å². The summed E-state index contributed by atoms with van der Waals surface area (Å²) in [6.07, 6.45) is 5.35. The third-order valence-corrected chi connectivity index (χ3v) is 5.71. The number of aryl methyl sites for hydroxylation is 2. The van der Waals surface area contributed by atoms with Gasteiger partial charge in [-0.1, -0.05) is 0 Å². The molecule has 1 fully saturated rings. The molecule has 1 N–H and O–H groups in total. The lowest BCUT2D eigenvalue weighted by molar-refractivity contribution is 0.176. The highest BCUT2D eigenvalue weighted by atomic mass is 16.5. The van der Waals surface area contributed by atoms with Crippen LogP contribution in [0.5, 0.6) is 0 Å². The van der Waals surface area contributed by atoms with E-state index in [0.717, 1.165) is 42.5 Å². The number of nitrogens with zero attached hydrogens (tertiary/aromatic N) is 5. The van der Waals surface area contributed by atoms with E-state index in [1.807, 2.05) is 11.1 Å². The van der Waals surface area contributed by atoms with Crippen molar-refractivity contribution in [2.45, 2.75) is 52.7 Å². The molecule has 3 heterocycles. The molecule has 152 valence electrons. The summed E-state index contributed by atoms with van der Waals surface area (Å²) in [5.41, 5.74) is 4.47. The lowest BCUT2D eigenvalue weighted by Crippen LogP contribution is -2.43. The molecular weight excluding hydrogens is 356 g/mol. The molecule has 1 saturated carbocycles. The van der Waals surface area contributed by atoms with E-state index < -0.39 is 0 Å². The number of carbonyl (C=O) groups is 1. The van der Waals surface area contributed by atoms with Crippen molar-refractivity contribution in [3.63, 3.8) is 0 Å². The number of imidazole rings is 1. The molecular formula is C20H30N6O2. The second-order valence-electron chi connectivity index (χ2n) is 7.76. The molecule has 0 saturated heterocycles. The Morgan fingerprint density at radius 3 is 2.93 bits per heavy atom. The molecule has 0 atom stereocenters. The Hall–Kier alpha value is -2.35. The third-order valence-electron chi connectivity index (χ3n) is 5.71.